The summed E-state index contributed by atoms with van der Waals surface area (Å²) < 4.78 is 1.89. The van der Waals surface area contributed by atoms with Crippen molar-refractivity contribution in [2.75, 3.05) is 0 Å². The zero-order chi connectivity index (χ0) is 10.2. The van der Waals surface area contributed by atoms with Crippen LogP contribution in [0.3, 0.4) is 0 Å². The van der Waals surface area contributed by atoms with Gasteiger partial charge in [0, 0.05) is 19.2 Å². The summed E-state index contributed by atoms with van der Waals surface area (Å²) >= 11 is 0. The molecule has 0 unspecified atom stereocenters. The SMILES string of the molecule is CC(C)(O)Cc1cn(CC2CC2)nn1. The van der Waals surface area contributed by atoms with E-state index < -0.39 is 5.60 Å². The Morgan fingerprint density at radius 3 is 2.86 bits per heavy atom. The molecule has 1 fully saturated rings. The van der Waals surface area contributed by atoms with Gasteiger partial charge in [-0.15, -0.1) is 5.10 Å². The lowest BCUT2D eigenvalue weighted by Gasteiger charge is -2.13. The molecule has 0 radical (unpaired) electrons. The molecular weight excluding hydrogens is 178 g/mol. The minimum absolute atomic E-state index is 0.567. The molecule has 4 heteroatoms. The van der Waals surface area contributed by atoms with E-state index >= 15 is 0 Å². The summed E-state index contributed by atoms with van der Waals surface area (Å²) in [7, 11) is 0. The molecule has 1 aromatic rings. The van der Waals surface area contributed by atoms with Gasteiger partial charge < -0.3 is 5.11 Å². The highest BCUT2D eigenvalue weighted by molar-refractivity contribution is 4.97. The first-order chi connectivity index (χ1) is 6.53. The Morgan fingerprint density at radius 2 is 2.29 bits per heavy atom. The van der Waals surface area contributed by atoms with Gasteiger partial charge in [0.1, 0.15) is 0 Å². The normalized spacial score (nSPS) is 17.4. The second-order valence-corrected chi connectivity index (χ2v) is 4.86. The van der Waals surface area contributed by atoms with Crippen molar-refractivity contribution in [1.29, 1.82) is 0 Å². The van der Waals surface area contributed by atoms with Gasteiger partial charge in [-0.25, -0.2) is 0 Å². The van der Waals surface area contributed by atoms with Gasteiger partial charge in [-0.3, -0.25) is 4.68 Å². The third kappa shape index (κ3) is 2.80. The number of hydrogen-bond donors (Lipinski definition) is 1. The lowest BCUT2D eigenvalue weighted by atomic mass is 10.0. The molecule has 1 aliphatic carbocycles. The number of rotatable bonds is 4. The van der Waals surface area contributed by atoms with Crippen LogP contribution in [-0.2, 0) is 13.0 Å². The molecule has 0 aliphatic heterocycles. The van der Waals surface area contributed by atoms with Crippen molar-refractivity contribution in [3.05, 3.63) is 11.9 Å². The molecule has 1 aliphatic rings. The molecule has 0 aromatic carbocycles. The van der Waals surface area contributed by atoms with E-state index in [-0.39, 0.29) is 0 Å². The largest absolute Gasteiger partial charge is 0.390 e. The van der Waals surface area contributed by atoms with Crippen LogP contribution in [0.1, 0.15) is 32.4 Å². The summed E-state index contributed by atoms with van der Waals surface area (Å²) in [6, 6.07) is 0. The number of nitrogens with zero attached hydrogens (tertiary/aromatic N) is 3. The zero-order valence-electron chi connectivity index (χ0n) is 8.77. The minimum Gasteiger partial charge on any atom is -0.390 e. The second-order valence-electron chi connectivity index (χ2n) is 4.86. The molecule has 2 rings (SSSR count). The van der Waals surface area contributed by atoms with Gasteiger partial charge in [-0.05, 0) is 32.6 Å². The molecule has 0 bridgehead atoms. The molecule has 1 heterocycles. The van der Waals surface area contributed by atoms with Crippen molar-refractivity contribution in [3.63, 3.8) is 0 Å². The van der Waals surface area contributed by atoms with Crippen LogP contribution >= 0.6 is 0 Å². The van der Waals surface area contributed by atoms with E-state index in [1.165, 1.54) is 12.8 Å². The summed E-state index contributed by atoms with van der Waals surface area (Å²) in [4.78, 5) is 0. The Bertz CT molecular complexity index is 309. The average Bonchev–Trinajstić information content (AvgIpc) is 2.71. The van der Waals surface area contributed by atoms with Crippen LogP contribution in [0.5, 0.6) is 0 Å². The lowest BCUT2D eigenvalue weighted by Crippen LogP contribution is -2.22. The summed E-state index contributed by atoms with van der Waals surface area (Å²) in [6.45, 7) is 4.55. The van der Waals surface area contributed by atoms with E-state index in [4.69, 9.17) is 0 Å². The van der Waals surface area contributed by atoms with Gasteiger partial charge >= 0.3 is 0 Å². The molecule has 78 valence electrons. The smallest absolute Gasteiger partial charge is 0.0855 e. The topological polar surface area (TPSA) is 50.9 Å². The molecule has 0 saturated heterocycles. The van der Waals surface area contributed by atoms with Crippen molar-refractivity contribution < 1.29 is 5.11 Å². The predicted molar refractivity (Wildman–Crippen MR) is 52.7 cm³/mol. The monoisotopic (exact) mass is 195 g/mol. The van der Waals surface area contributed by atoms with Crippen LogP contribution in [0, 0.1) is 5.92 Å². The van der Waals surface area contributed by atoms with Crippen molar-refractivity contribution in [1.82, 2.24) is 15.0 Å². The van der Waals surface area contributed by atoms with Crippen molar-refractivity contribution >= 4 is 0 Å². The highest BCUT2D eigenvalue weighted by atomic mass is 16.3. The molecular formula is C10H17N3O. The van der Waals surface area contributed by atoms with Crippen molar-refractivity contribution in [3.8, 4) is 0 Å². The highest BCUT2D eigenvalue weighted by Crippen LogP contribution is 2.30. The Hall–Kier alpha value is -0.900. The van der Waals surface area contributed by atoms with Crippen molar-refractivity contribution in [2.24, 2.45) is 5.92 Å². The van der Waals surface area contributed by atoms with Gasteiger partial charge in [0.15, 0.2) is 0 Å². The minimum atomic E-state index is -0.694. The maximum atomic E-state index is 9.60. The van der Waals surface area contributed by atoms with E-state index in [1.54, 1.807) is 13.8 Å². The van der Waals surface area contributed by atoms with Gasteiger partial charge in [0.05, 0.1) is 11.3 Å². The maximum absolute atomic E-state index is 9.60. The van der Waals surface area contributed by atoms with Crippen LogP contribution in [0.25, 0.3) is 0 Å². The number of aromatic nitrogens is 3. The molecule has 4 nitrogen and oxygen atoms in total. The standard InChI is InChI=1S/C10H17N3O/c1-10(2,14)5-9-7-13(12-11-9)6-8-3-4-8/h7-8,14H,3-6H2,1-2H3. The molecule has 0 amide bonds. The summed E-state index contributed by atoms with van der Waals surface area (Å²) in [6.07, 6.45) is 5.15. The van der Waals surface area contributed by atoms with Gasteiger partial charge in [0.2, 0.25) is 0 Å². The molecule has 14 heavy (non-hydrogen) atoms. The van der Waals surface area contributed by atoms with Crippen LogP contribution in [0.2, 0.25) is 0 Å². The van der Waals surface area contributed by atoms with Crippen LogP contribution in [0.4, 0.5) is 0 Å². The molecule has 0 spiro atoms. The Balaban J connectivity index is 1.94. The van der Waals surface area contributed by atoms with Crippen molar-refractivity contribution in [2.45, 2.75) is 45.3 Å². The molecule has 0 atom stereocenters. The lowest BCUT2D eigenvalue weighted by molar-refractivity contribution is 0.0799. The molecule has 1 N–H and O–H groups in total. The van der Waals surface area contributed by atoms with Crippen LogP contribution in [-0.4, -0.2) is 25.7 Å². The predicted octanol–water partition coefficient (Wildman–Crippen LogP) is 1.00. The van der Waals surface area contributed by atoms with Crippen LogP contribution in [0.15, 0.2) is 6.20 Å². The van der Waals surface area contributed by atoms with E-state index in [9.17, 15) is 5.11 Å². The van der Waals surface area contributed by atoms with E-state index in [0.29, 0.717) is 6.42 Å². The number of aliphatic hydroxyl groups is 1. The molecule has 1 aromatic heterocycles. The maximum Gasteiger partial charge on any atom is 0.0855 e. The highest BCUT2D eigenvalue weighted by Gasteiger charge is 2.23. The first kappa shape index (κ1) is 9.65. The second kappa shape index (κ2) is 3.35. The Morgan fingerprint density at radius 1 is 1.57 bits per heavy atom. The van der Waals surface area contributed by atoms with E-state index in [2.05, 4.69) is 10.3 Å². The number of hydrogen-bond acceptors (Lipinski definition) is 3. The zero-order valence-corrected chi connectivity index (χ0v) is 8.77. The van der Waals surface area contributed by atoms with Crippen LogP contribution < -0.4 is 0 Å². The quantitative estimate of drug-likeness (QED) is 0.779. The fraction of sp³-hybridized carbons (Fsp3) is 0.800. The summed E-state index contributed by atoms with van der Waals surface area (Å²) in [5, 5.41) is 17.7. The summed E-state index contributed by atoms with van der Waals surface area (Å²) in [5.41, 5.74) is 0.179. The fourth-order valence-corrected chi connectivity index (χ4v) is 1.52. The Labute approximate surface area is 83.9 Å². The Kier molecular flexibility index (Phi) is 2.31. The van der Waals surface area contributed by atoms with E-state index in [0.717, 1.165) is 18.2 Å². The molecule has 1 saturated carbocycles. The van der Waals surface area contributed by atoms with Gasteiger partial charge in [0.25, 0.3) is 0 Å². The third-order valence-electron chi connectivity index (χ3n) is 2.34. The van der Waals surface area contributed by atoms with Gasteiger partial charge in [-0.1, -0.05) is 5.21 Å². The first-order valence-corrected chi connectivity index (χ1v) is 5.14. The average molecular weight is 195 g/mol. The fourth-order valence-electron chi connectivity index (χ4n) is 1.52. The first-order valence-electron chi connectivity index (χ1n) is 5.14. The van der Waals surface area contributed by atoms with Gasteiger partial charge in [-0.2, -0.15) is 0 Å². The summed E-state index contributed by atoms with van der Waals surface area (Å²) in [5.74, 6) is 0.812. The van der Waals surface area contributed by atoms with E-state index in [1.807, 2.05) is 10.9 Å². The third-order valence-corrected chi connectivity index (χ3v) is 2.34.